The first-order valence-electron chi connectivity index (χ1n) is 9.17. The largest absolute Gasteiger partial charge is 0.506 e. The molecule has 1 aliphatic rings. The molecule has 7 nitrogen and oxygen atoms in total. The number of hydrogen-bond donors (Lipinski definition) is 2. The number of anilines is 2. The van der Waals surface area contributed by atoms with Gasteiger partial charge in [0, 0.05) is 11.6 Å². The number of nitrogens with one attached hydrogen (secondary N) is 1. The second-order valence-electron chi connectivity index (χ2n) is 6.88. The summed E-state index contributed by atoms with van der Waals surface area (Å²) in [4.78, 5) is 39.4. The summed E-state index contributed by atoms with van der Waals surface area (Å²) in [6.45, 7) is 1.84. The Balaban J connectivity index is 1.64. The highest BCUT2D eigenvalue weighted by Crippen LogP contribution is 2.31. The molecule has 1 heterocycles. The van der Waals surface area contributed by atoms with Crippen molar-refractivity contribution in [3.05, 3.63) is 82.9 Å². The molecule has 7 heteroatoms. The number of methoxy groups -OCH3 is 1. The maximum Gasteiger partial charge on any atom is 0.266 e. The number of aromatic hydroxyl groups is 1. The number of benzene rings is 3. The van der Waals surface area contributed by atoms with Crippen molar-refractivity contribution >= 4 is 29.1 Å². The number of nitrogens with zero attached hydrogens (tertiary/aromatic N) is 1. The molecule has 1 aliphatic heterocycles. The molecule has 3 aromatic rings. The van der Waals surface area contributed by atoms with Crippen molar-refractivity contribution in [2.24, 2.45) is 0 Å². The summed E-state index contributed by atoms with van der Waals surface area (Å²) in [6, 6.07) is 15.8. The minimum Gasteiger partial charge on any atom is -0.506 e. The highest BCUT2D eigenvalue weighted by atomic mass is 16.5. The lowest BCUT2D eigenvalue weighted by Crippen LogP contribution is -2.29. The second-order valence-corrected chi connectivity index (χ2v) is 6.88. The Morgan fingerprint density at radius 2 is 1.73 bits per heavy atom. The molecule has 3 aromatic carbocycles. The van der Waals surface area contributed by atoms with E-state index in [1.165, 1.54) is 31.4 Å². The average Bonchev–Trinajstić information content (AvgIpc) is 3.00. The smallest absolute Gasteiger partial charge is 0.266 e. The standard InChI is InChI=1S/C23H18N2O5/c1-13-6-9-20(26)19(10-13)24-21(27)14-7-8-17-18(11-14)23(29)25(22(17)28)15-4-3-5-16(12-15)30-2/h3-12,26H,1-2H3,(H,24,27). The Hall–Kier alpha value is -4.13. The van der Waals surface area contributed by atoms with E-state index in [1.807, 2.05) is 6.92 Å². The maximum atomic E-state index is 12.9. The Morgan fingerprint density at radius 3 is 2.50 bits per heavy atom. The van der Waals surface area contributed by atoms with Crippen LogP contribution < -0.4 is 15.0 Å². The molecule has 0 spiro atoms. The van der Waals surface area contributed by atoms with E-state index in [9.17, 15) is 19.5 Å². The zero-order valence-electron chi connectivity index (χ0n) is 16.3. The van der Waals surface area contributed by atoms with Gasteiger partial charge in [-0.1, -0.05) is 12.1 Å². The number of hydrogen-bond acceptors (Lipinski definition) is 5. The van der Waals surface area contributed by atoms with E-state index in [-0.39, 0.29) is 28.1 Å². The van der Waals surface area contributed by atoms with E-state index in [1.54, 1.807) is 36.4 Å². The molecule has 0 fully saturated rings. The maximum absolute atomic E-state index is 12.9. The van der Waals surface area contributed by atoms with E-state index in [0.717, 1.165) is 10.5 Å². The van der Waals surface area contributed by atoms with E-state index in [2.05, 4.69) is 5.32 Å². The normalized spacial score (nSPS) is 12.7. The highest BCUT2D eigenvalue weighted by molar-refractivity contribution is 6.34. The van der Waals surface area contributed by atoms with Gasteiger partial charge >= 0.3 is 0 Å². The van der Waals surface area contributed by atoms with Gasteiger partial charge in [-0.2, -0.15) is 0 Å². The number of imide groups is 1. The number of rotatable bonds is 4. The van der Waals surface area contributed by atoms with Gasteiger partial charge in [0.25, 0.3) is 17.7 Å². The number of aryl methyl sites for hydroxylation is 1. The van der Waals surface area contributed by atoms with Gasteiger partial charge < -0.3 is 15.2 Å². The number of fused-ring (bicyclic) bond motifs is 1. The summed E-state index contributed by atoms with van der Waals surface area (Å²) in [6.07, 6.45) is 0. The molecule has 0 bridgehead atoms. The monoisotopic (exact) mass is 402 g/mol. The number of phenolic OH excluding ortho intramolecular Hbond substituents is 1. The van der Waals surface area contributed by atoms with Crippen LogP contribution in [0.15, 0.2) is 60.7 Å². The van der Waals surface area contributed by atoms with E-state index in [4.69, 9.17) is 4.74 Å². The molecular weight excluding hydrogens is 384 g/mol. The molecule has 2 N–H and O–H groups in total. The summed E-state index contributed by atoms with van der Waals surface area (Å²) in [5, 5.41) is 12.6. The van der Waals surface area contributed by atoms with Crippen molar-refractivity contribution in [1.82, 2.24) is 0 Å². The van der Waals surface area contributed by atoms with Crippen LogP contribution in [-0.2, 0) is 0 Å². The van der Waals surface area contributed by atoms with Crippen LogP contribution in [0.4, 0.5) is 11.4 Å². The molecule has 0 radical (unpaired) electrons. The van der Waals surface area contributed by atoms with Crippen molar-refractivity contribution in [2.75, 3.05) is 17.3 Å². The third kappa shape index (κ3) is 3.26. The number of phenols is 1. The summed E-state index contributed by atoms with van der Waals surface area (Å²) >= 11 is 0. The molecular formula is C23H18N2O5. The van der Waals surface area contributed by atoms with Crippen molar-refractivity contribution in [3.8, 4) is 11.5 Å². The van der Waals surface area contributed by atoms with Gasteiger partial charge in [-0.3, -0.25) is 14.4 Å². The van der Waals surface area contributed by atoms with Crippen molar-refractivity contribution in [3.63, 3.8) is 0 Å². The lowest BCUT2D eigenvalue weighted by atomic mass is 10.1. The van der Waals surface area contributed by atoms with Gasteiger partial charge in [-0.25, -0.2) is 4.90 Å². The molecule has 4 rings (SSSR count). The first kappa shape index (κ1) is 19.2. The van der Waals surface area contributed by atoms with Crippen molar-refractivity contribution < 1.29 is 24.2 Å². The van der Waals surface area contributed by atoms with Crippen LogP contribution in [0.25, 0.3) is 0 Å². The van der Waals surface area contributed by atoms with E-state index < -0.39 is 17.7 Å². The lowest BCUT2D eigenvalue weighted by molar-refractivity contribution is 0.0925. The van der Waals surface area contributed by atoms with Crippen molar-refractivity contribution in [2.45, 2.75) is 6.92 Å². The molecule has 0 atom stereocenters. The average molecular weight is 402 g/mol. The Bertz CT molecular complexity index is 1200. The Kier molecular flexibility index (Phi) is 4.71. The zero-order chi connectivity index (χ0) is 21.4. The third-order valence-corrected chi connectivity index (χ3v) is 4.86. The van der Waals surface area contributed by atoms with E-state index >= 15 is 0 Å². The number of carbonyl (C=O) groups is 3. The minimum absolute atomic E-state index is 0.0643. The molecule has 150 valence electrons. The summed E-state index contributed by atoms with van der Waals surface area (Å²) in [7, 11) is 1.50. The van der Waals surface area contributed by atoms with Crippen molar-refractivity contribution in [1.29, 1.82) is 0 Å². The fraction of sp³-hybridized carbons (Fsp3) is 0.0870. The highest BCUT2D eigenvalue weighted by Gasteiger charge is 2.37. The third-order valence-electron chi connectivity index (χ3n) is 4.86. The van der Waals surface area contributed by atoms with E-state index in [0.29, 0.717) is 11.4 Å². The SMILES string of the molecule is COc1cccc(N2C(=O)c3ccc(C(=O)Nc4cc(C)ccc4O)cc3C2=O)c1. The predicted octanol–water partition coefficient (Wildman–Crippen LogP) is 3.76. The summed E-state index contributed by atoms with van der Waals surface area (Å²) < 4.78 is 5.16. The fourth-order valence-corrected chi connectivity index (χ4v) is 3.31. The molecule has 0 aliphatic carbocycles. The van der Waals surface area contributed by atoms with Gasteiger partial charge in [-0.15, -0.1) is 0 Å². The Morgan fingerprint density at radius 1 is 0.967 bits per heavy atom. The first-order valence-corrected chi connectivity index (χ1v) is 9.17. The first-order chi connectivity index (χ1) is 14.4. The van der Waals surface area contributed by atoms with Gasteiger partial charge in [-0.05, 0) is 55.0 Å². The van der Waals surface area contributed by atoms with Gasteiger partial charge in [0.15, 0.2) is 0 Å². The second kappa shape index (κ2) is 7.36. The number of ether oxygens (including phenoxy) is 1. The molecule has 0 saturated carbocycles. The molecule has 0 saturated heterocycles. The zero-order valence-corrected chi connectivity index (χ0v) is 16.3. The molecule has 3 amide bonds. The fourth-order valence-electron chi connectivity index (χ4n) is 3.31. The van der Waals surface area contributed by atoms with Crippen LogP contribution in [-0.4, -0.2) is 29.9 Å². The molecule has 0 unspecified atom stereocenters. The van der Waals surface area contributed by atoms with Gasteiger partial charge in [0.2, 0.25) is 0 Å². The van der Waals surface area contributed by atoms with Crippen LogP contribution in [0.5, 0.6) is 11.5 Å². The molecule has 0 aromatic heterocycles. The number of carbonyl (C=O) groups excluding carboxylic acids is 3. The molecule has 30 heavy (non-hydrogen) atoms. The van der Waals surface area contributed by atoms with Crippen LogP contribution in [0, 0.1) is 6.92 Å². The van der Waals surface area contributed by atoms with Gasteiger partial charge in [0.05, 0.1) is 29.6 Å². The number of amides is 3. The van der Waals surface area contributed by atoms with Crippen LogP contribution in [0.1, 0.15) is 36.6 Å². The predicted molar refractivity (Wildman–Crippen MR) is 111 cm³/mol. The van der Waals surface area contributed by atoms with Gasteiger partial charge in [0.1, 0.15) is 11.5 Å². The van der Waals surface area contributed by atoms with Crippen LogP contribution in [0.2, 0.25) is 0 Å². The minimum atomic E-state index is -0.517. The lowest BCUT2D eigenvalue weighted by Gasteiger charge is -2.14. The topological polar surface area (TPSA) is 95.9 Å². The van der Waals surface area contributed by atoms with Crippen LogP contribution in [0.3, 0.4) is 0 Å². The summed E-state index contributed by atoms with van der Waals surface area (Å²) in [5.74, 6) is -1.03. The summed E-state index contributed by atoms with van der Waals surface area (Å²) in [5.41, 5.74) is 2.08. The van der Waals surface area contributed by atoms with Crippen LogP contribution >= 0.6 is 0 Å². The quantitative estimate of drug-likeness (QED) is 0.512. The Labute approximate surface area is 172 Å².